The number of aliphatic hydroxyl groups is 10. The number of nitrogens with one attached hydrogen (secondary N) is 1. The van der Waals surface area contributed by atoms with Gasteiger partial charge in [-0.2, -0.15) is 0 Å². The Morgan fingerprint density at radius 1 is 0.788 bits per heavy atom. The number of aliphatic hydroxyl groups excluding tert-OH is 10. The summed E-state index contributed by atoms with van der Waals surface area (Å²) in [5, 5.41) is 102. The first kappa shape index (κ1) is 46.8. The Morgan fingerprint density at radius 2 is 1.40 bits per heavy atom. The van der Waals surface area contributed by atoms with Crippen LogP contribution in [0.1, 0.15) is 26.2 Å². The molecule has 2 saturated heterocycles. The van der Waals surface area contributed by atoms with Crippen molar-refractivity contribution < 1.29 is 84.3 Å². The second kappa shape index (κ2) is 23.6. The van der Waals surface area contributed by atoms with Crippen molar-refractivity contribution in [2.75, 3.05) is 52.7 Å². The van der Waals surface area contributed by atoms with E-state index >= 15 is 0 Å². The first-order chi connectivity index (χ1) is 24.7. The number of amides is 1. The molecular formula is C30H61N5O17. The predicted molar refractivity (Wildman–Crippen MR) is 176 cm³/mol. The van der Waals surface area contributed by atoms with Crippen molar-refractivity contribution in [2.45, 2.75) is 130 Å². The molecule has 3 aliphatic rings. The SMILES string of the molecule is CC(CCOCCO)OCCO.NCCC(O)C(=O)N[C@@H]1C[C@H](N)C(O[C@H]2O[C@H](CN)[C@@H](O)[C@H](O)[C@H]2O)[C@H](O)[C@H]1O[C@H]1O[C@H](CO)[C@@H](O)[C@H](N)[C@H]1O. The molecule has 0 aromatic carbocycles. The molecule has 1 saturated carbocycles. The number of hydrogen-bond acceptors (Lipinski definition) is 21. The van der Waals surface area contributed by atoms with Crippen molar-refractivity contribution in [3.05, 3.63) is 0 Å². The van der Waals surface area contributed by atoms with E-state index in [9.17, 15) is 45.6 Å². The van der Waals surface area contributed by atoms with Crippen LogP contribution in [0.3, 0.4) is 0 Å². The normalized spacial score (nSPS) is 39.2. The highest BCUT2D eigenvalue weighted by molar-refractivity contribution is 5.80. The Kier molecular flexibility index (Phi) is 21.2. The fraction of sp³-hybridized carbons (Fsp3) is 0.967. The summed E-state index contributed by atoms with van der Waals surface area (Å²) < 4.78 is 32.7. The van der Waals surface area contributed by atoms with E-state index in [1.54, 1.807) is 0 Å². The molecule has 52 heavy (non-hydrogen) atoms. The lowest BCUT2D eigenvalue weighted by atomic mass is 9.83. The Morgan fingerprint density at radius 3 is 2.00 bits per heavy atom. The topological polar surface area (TPSA) is 391 Å². The van der Waals surface area contributed by atoms with E-state index in [4.69, 9.17) is 61.6 Å². The average molecular weight is 764 g/mol. The van der Waals surface area contributed by atoms with Gasteiger partial charge in [0.15, 0.2) is 12.6 Å². The lowest BCUT2D eigenvalue weighted by Crippen LogP contribution is -2.69. The van der Waals surface area contributed by atoms with Crippen molar-refractivity contribution in [3.8, 4) is 0 Å². The Labute approximate surface area is 301 Å². The van der Waals surface area contributed by atoms with Gasteiger partial charge in [0.2, 0.25) is 5.91 Å². The maximum Gasteiger partial charge on any atom is 0.249 e. The van der Waals surface area contributed by atoms with Crippen LogP contribution >= 0.6 is 0 Å². The highest BCUT2D eigenvalue weighted by Gasteiger charge is 2.52. The van der Waals surface area contributed by atoms with Gasteiger partial charge in [-0.15, -0.1) is 0 Å². The molecule has 2 aliphatic heterocycles. The summed E-state index contributed by atoms with van der Waals surface area (Å²) in [5.41, 5.74) is 23.1. The van der Waals surface area contributed by atoms with E-state index in [2.05, 4.69) is 5.32 Å². The number of nitrogens with two attached hydrogens (primary N) is 4. The fourth-order valence-electron chi connectivity index (χ4n) is 5.82. The quantitative estimate of drug-likeness (QED) is 0.0576. The summed E-state index contributed by atoms with van der Waals surface area (Å²) in [6.45, 7) is 2.50. The van der Waals surface area contributed by atoms with Crippen LogP contribution in [0.15, 0.2) is 0 Å². The van der Waals surface area contributed by atoms with E-state index in [1.807, 2.05) is 6.92 Å². The minimum absolute atomic E-state index is 0.0101. The van der Waals surface area contributed by atoms with E-state index in [1.165, 1.54) is 0 Å². The van der Waals surface area contributed by atoms with Crippen molar-refractivity contribution in [1.29, 1.82) is 0 Å². The van der Waals surface area contributed by atoms with Crippen LogP contribution in [0.2, 0.25) is 0 Å². The molecule has 3 unspecified atom stereocenters. The Balaban J connectivity index is 0.000000667. The molecule has 22 heteroatoms. The van der Waals surface area contributed by atoms with Gasteiger partial charge in [-0.25, -0.2) is 0 Å². The molecule has 1 aliphatic carbocycles. The molecule has 2 heterocycles. The lowest BCUT2D eigenvalue weighted by Gasteiger charge is -2.49. The highest BCUT2D eigenvalue weighted by Crippen LogP contribution is 2.32. The highest BCUT2D eigenvalue weighted by atomic mass is 16.7. The number of rotatable bonds is 18. The fourth-order valence-corrected chi connectivity index (χ4v) is 5.82. The van der Waals surface area contributed by atoms with Gasteiger partial charge in [0.25, 0.3) is 0 Å². The molecule has 19 N–H and O–H groups in total. The zero-order chi connectivity index (χ0) is 39.1. The van der Waals surface area contributed by atoms with Crippen LogP contribution in [-0.4, -0.2) is 214 Å². The summed E-state index contributed by atoms with van der Waals surface area (Å²) in [4.78, 5) is 12.6. The third-order valence-electron chi connectivity index (χ3n) is 8.91. The molecule has 1 amide bonds. The summed E-state index contributed by atoms with van der Waals surface area (Å²) in [5.74, 6) is -0.845. The average Bonchev–Trinajstić information content (AvgIpc) is 3.12. The lowest BCUT2D eigenvalue weighted by molar-refractivity contribution is -0.332. The van der Waals surface area contributed by atoms with Crippen LogP contribution in [0.25, 0.3) is 0 Å². The molecule has 17 atom stereocenters. The third kappa shape index (κ3) is 13.2. The van der Waals surface area contributed by atoms with Gasteiger partial charge in [-0.05, 0) is 32.7 Å². The smallest absolute Gasteiger partial charge is 0.249 e. The van der Waals surface area contributed by atoms with Gasteiger partial charge in [0, 0.05) is 19.2 Å². The number of carbonyl (C=O) groups is 1. The second-order valence-corrected chi connectivity index (χ2v) is 12.9. The molecule has 0 spiro atoms. The molecule has 0 radical (unpaired) electrons. The first-order valence-electron chi connectivity index (χ1n) is 17.3. The van der Waals surface area contributed by atoms with Crippen LogP contribution in [0, 0.1) is 0 Å². The molecule has 0 bridgehead atoms. The van der Waals surface area contributed by atoms with Gasteiger partial charge in [0.1, 0.15) is 67.1 Å². The standard InChI is InChI=1S/C22H43N5O13.C8H18O4/c23-2-1-8(29)20(36)27-7-3-6(25)18(39-22-16(34)15(33)13(31)9(4-24)37-22)17(35)19(7)40-21-14(32)11(26)12(30)10(5-28)38-21;1-8(12-7-4-10)2-5-11-6-3-9/h6-19,21-22,28-35H,1-5,23-26H2,(H,27,36);8-10H,2-7H2,1H3/t6-,7+,8?,9+,10+,11-,12+,13+,14+,15-,16+,17-,18?,19-,21+,22+;/m0./s1. The van der Waals surface area contributed by atoms with Gasteiger partial charge in [-0.1, -0.05) is 0 Å². The number of carbonyl (C=O) groups excluding carboxylic acids is 1. The van der Waals surface area contributed by atoms with Gasteiger partial charge in [0.05, 0.1) is 51.2 Å². The minimum Gasteiger partial charge on any atom is -0.394 e. The zero-order valence-corrected chi connectivity index (χ0v) is 29.2. The molecule has 0 aromatic rings. The summed E-state index contributed by atoms with van der Waals surface area (Å²) in [6.07, 6.45) is -18.9. The van der Waals surface area contributed by atoms with Gasteiger partial charge in [-0.3, -0.25) is 4.79 Å². The van der Waals surface area contributed by atoms with E-state index in [-0.39, 0.29) is 45.2 Å². The van der Waals surface area contributed by atoms with Crippen molar-refractivity contribution in [3.63, 3.8) is 0 Å². The molecule has 22 nitrogen and oxygen atoms in total. The third-order valence-corrected chi connectivity index (χ3v) is 8.91. The molecular weight excluding hydrogens is 702 g/mol. The second-order valence-electron chi connectivity index (χ2n) is 12.9. The Hall–Kier alpha value is -1.33. The number of hydrogen-bond donors (Lipinski definition) is 15. The van der Waals surface area contributed by atoms with Crippen LogP contribution < -0.4 is 28.3 Å². The van der Waals surface area contributed by atoms with E-state index < -0.39 is 110 Å². The maximum atomic E-state index is 12.6. The zero-order valence-electron chi connectivity index (χ0n) is 29.2. The summed E-state index contributed by atoms with van der Waals surface area (Å²) in [7, 11) is 0. The monoisotopic (exact) mass is 763 g/mol. The van der Waals surface area contributed by atoms with Crippen LogP contribution in [0.4, 0.5) is 0 Å². The minimum atomic E-state index is -1.76. The van der Waals surface area contributed by atoms with Crippen molar-refractivity contribution in [1.82, 2.24) is 5.32 Å². The number of ether oxygens (including phenoxy) is 6. The van der Waals surface area contributed by atoms with Crippen molar-refractivity contribution in [2.24, 2.45) is 22.9 Å². The Bertz CT molecular complexity index is 994. The summed E-state index contributed by atoms with van der Waals surface area (Å²) in [6, 6.07) is -3.45. The van der Waals surface area contributed by atoms with Gasteiger partial charge < -0.3 is 108 Å². The summed E-state index contributed by atoms with van der Waals surface area (Å²) >= 11 is 0. The molecule has 0 aromatic heterocycles. The van der Waals surface area contributed by atoms with Crippen molar-refractivity contribution >= 4 is 5.91 Å². The molecule has 308 valence electrons. The molecule has 3 rings (SSSR count). The first-order valence-corrected chi connectivity index (χ1v) is 17.3. The predicted octanol–water partition coefficient (Wildman–Crippen LogP) is -8.64. The maximum absolute atomic E-state index is 12.6. The van der Waals surface area contributed by atoms with Crippen LogP contribution in [0.5, 0.6) is 0 Å². The molecule has 3 fully saturated rings. The van der Waals surface area contributed by atoms with E-state index in [0.717, 1.165) is 6.42 Å². The van der Waals surface area contributed by atoms with Crippen LogP contribution in [-0.2, 0) is 33.2 Å². The largest absolute Gasteiger partial charge is 0.394 e. The van der Waals surface area contributed by atoms with Gasteiger partial charge >= 0.3 is 0 Å². The van der Waals surface area contributed by atoms with E-state index in [0.29, 0.717) is 19.8 Å².